The van der Waals surface area contributed by atoms with Gasteiger partial charge in [0.25, 0.3) is 5.91 Å². The van der Waals surface area contributed by atoms with Crippen molar-refractivity contribution in [2.45, 2.75) is 0 Å². The molecule has 0 N–H and O–H groups in total. The van der Waals surface area contributed by atoms with Crippen LogP contribution in [0.15, 0.2) is 53.2 Å². The van der Waals surface area contributed by atoms with Crippen molar-refractivity contribution in [3.8, 4) is 0 Å². The standard InChI is InChI=1S/C18H17ClN2O3/c19-15-6-3-14(4-7-15)5-8-17(22)20-9-11-21(12-10-20)18(23)16-2-1-13-24-16/h1-8,13H,9-12H2. The smallest absolute Gasteiger partial charge is 0.289 e. The molecule has 0 aliphatic carbocycles. The van der Waals surface area contributed by atoms with Crippen LogP contribution < -0.4 is 0 Å². The second-order valence-corrected chi connectivity index (χ2v) is 5.92. The molecule has 1 aromatic heterocycles. The fourth-order valence-electron chi connectivity index (χ4n) is 2.53. The molecule has 0 bridgehead atoms. The highest BCUT2D eigenvalue weighted by atomic mass is 35.5. The number of carbonyl (C=O) groups is 2. The summed E-state index contributed by atoms with van der Waals surface area (Å²) in [6, 6.07) is 10.6. The molecule has 0 spiro atoms. The summed E-state index contributed by atoms with van der Waals surface area (Å²) >= 11 is 5.83. The van der Waals surface area contributed by atoms with Gasteiger partial charge in [0.1, 0.15) is 0 Å². The average molecular weight is 345 g/mol. The van der Waals surface area contributed by atoms with Crippen LogP contribution in [0.5, 0.6) is 0 Å². The van der Waals surface area contributed by atoms with E-state index >= 15 is 0 Å². The monoisotopic (exact) mass is 344 g/mol. The summed E-state index contributed by atoms with van der Waals surface area (Å²) in [5.74, 6) is 0.135. The van der Waals surface area contributed by atoms with E-state index in [1.807, 2.05) is 12.1 Å². The van der Waals surface area contributed by atoms with Gasteiger partial charge in [-0.2, -0.15) is 0 Å². The van der Waals surface area contributed by atoms with Gasteiger partial charge in [-0.15, -0.1) is 0 Å². The van der Waals surface area contributed by atoms with E-state index in [9.17, 15) is 9.59 Å². The molecule has 2 aromatic rings. The van der Waals surface area contributed by atoms with Gasteiger partial charge >= 0.3 is 0 Å². The Morgan fingerprint density at radius 1 is 1.00 bits per heavy atom. The molecule has 24 heavy (non-hydrogen) atoms. The van der Waals surface area contributed by atoms with Crippen molar-refractivity contribution in [3.05, 3.63) is 65.1 Å². The third-order valence-corrected chi connectivity index (χ3v) is 4.15. The molecule has 0 unspecified atom stereocenters. The Bertz CT molecular complexity index is 730. The molecule has 3 rings (SSSR count). The molecule has 1 aromatic carbocycles. The van der Waals surface area contributed by atoms with Gasteiger partial charge in [-0.1, -0.05) is 23.7 Å². The molecule has 6 heteroatoms. The average Bonchev–Trinajstić information content (AvgIpc) is 3.15. The van der Waals surface area contributed by atoms with Gasteiger partial charge in [-0.3, -0.25) is 9.59 Å². The zero-order valence-corrected chi connectivity index (χ0v) is 13.8. The van der Waals surface area contributed by atoms with Gasteiger partial charge in [-0.05, 0) is 35.9 Å². The third-order valence-electron chi connectivity index (χ3n) is 3.90. The SMILES string of the molecule is O=C(C=Cc1ccc(Cl)cc1)N1CCN(C(=O)c2ccco2)CC1. The summed E-state index contributed by atoms with van der Waals surface area (Å²) in [6.07, 6.45) is 4.79. The molecular weight excluding hydrogens is 328 g/mol. The van der Waals surface area contributed by atoms with E-state index in [1.165, 1.54) is 6.26 Å². The minimum atomic E-state index is -0.135. The van der Waals surface area contributed by atoms with Crippen LogP contribution in [0.2, 0.25) is 5.02 Å². The molecular formula is C18H17ClN2O3. The molecule has 0 saturated carbocycles. The molecule has 2 amide bonds. The van der Waals surface area contributed by atoms with Crippen LogP contribution in [-0.2, 0) is 4.79 Å². The number of furan rings is 1. The Labute approximate surface area is 145 Å². The maximum atomic E-state index is 12.2. The molecule has 2 heterocycles. The van der Waals surface area contributed by atoms with Crippen molar-refractivity contribution in [3.63, 3.8) is 0 Å². The fourth-order valence-corrected chi connectivity index (χ4v) is 2.66. The fraction of sp³-hybridized carbons (Fsp3) is 0.222. The largest absolute Gasteiger partial charge is 0.459 e. The number of amides is 2. The quantitative estimate of drug-likeness (QED) is 0.804. The van der Waals surface area contributed by atoms with Crippen molar-refractivity contribution in [2.75, 3.05) is 26.2 Å². The number of nitrogens with zero attached hydrogens (tertiary/aromatic N) is 2. The van der Waals surface area contributed by atoms with E-state index in [0.717, 1.165) is 5.56 Å². The number of benzene rings is 1. The van der Waals surface area contributed by atoms with Crippen LogP contribution in [0.25, 0.3) is 6.08 Å². The lowest BCUT2D eigenvalue weighted by atomic mass is 10.2. The summed E-state index contributed by atoms with van der Waals surface area (Å²) < 4.78 is 5.13. The van der Waals surface area contributed by atoms with E-state index in [4.69, 9.17) is 16.0 Å². The Morgan fingerprint density at radius 2 is 1.67 bits per heavy atom. The lowest BCUT2D eigenvalue weighted by Gasteiger charge is -2.33. The lowest BCUT2D eigenvalue weighted by Crippen LogP contribution is -2.50. The Kier molecular flexibility index (Phi) is 5.01. The number of carbonyl (C=O) groups excluding carboxylic acids is 2. The zero-order valence-electron chi connectivity index (χ0n) is 13.0. The number of hydrogen-bond donors (Lipinski definition) is 0. The molecule has 5 nitrogen and oxygen atoms in total. The number of rotatable bonds is 3. The molecule has 1 saturated heterocycles. The molecule has 0 radical (unpaired) electrons. The van der Waals surface area contributed by atoms with Crippen LogP contribution in [0.4, 0.5) is 0 Å². The first-order chi connectivity index (χ1) is 11.6. The van der Waals surface area contributed by atoms with Crippen molar-refractivity contribution in [1.29, 1.82) is 0 Å². The number of halogens is 1. The van der Waals surface area contributed by atoms with Gasteiger partial charge in [0.2, 0.25) is 5.91 Å². The number of hydrogen-bond acceptors (Lipinski definition) is 3. The minimum absolute atomic E-state index is 0.0601. The van der Waals surface area contributed by atoms with Crippen molar-refractivity contribution < 1.29 is 14.0 Å². The van der Waals surface area contributed by atoms with E-state index in [1.54, 1.807) is 46.2 Å². The topological polar surface area (TPSA) is 53.8 Å². The zero-order chi connectivity index (χ0) is 16.9. The molecule has 1 aliphatic heterocycles. The molecule has 124 valence electrons. The van der Waals surface area contributed by atoms with E-state index in [-0.39, 0.29) is 11.8 Å². The highest BCUT2D eigenvalue weighted by Crippen LogP contribution is 2.12. The lowest BCUT2D eigenvalue weighted by molar-refractivity contribution is -0.127. The van der Waals surface area contributed by atoms with E-state index in [2.05, 4.69) is 0 Å². The second-order valence-electron chi connectivity index (χ2n) is 5.48. The summed E-state index contributed by atoms with van der Waals surface area (Å²) in [7, 11) is 0. The number of piperazine rings is 1. The minimum Gasteiger partial charge on any atom is -0.459 e. The normalized spacial score (nSPS) is 15.0. The summed E-state index contributed by atoms with van der Waals surface area (Å²) in [4.78, 5) is 27.8. The van der Waals surface area contributed by atoms with Crippen LogP contribution in [0.1, 0.15) is 16.1 Å². The first kappa shape index (κ1) is 16.3. The maximum Gasteiger partial charge on any atom is 0.289 e. The van der Waals surface area contributed by atoms with Crippen molar-refractivity contribution in [1.82, 2.24) is 9.80 Å². The Morgan fingerprint density at radius 3 is 2.29 bits per heavy atom. The Balaban J connectivity index is 1.53. The predicted molar refractivity (Wildman–Crippen MR) is 91.7 cm³/mol. The van der Waals surface area contributed by atoms with E-state index in [0.29, 0.717) is 37.0 Å². The van der Waals surface area contributed by atoms with Gasteiger partial charge in [-0.25, -0.2) is 0 Å². The van der Waals surface area contributed by atoms with Gasteiger partial charge in [0.15, 0.2) is 5.76 Å². The summed E-state index contributed by atoms with van der Waals surface area (Å²) in [6.45, 7) is 2.02. The summed E-state index contributed by atoms with van der Waals surface area (Å²) in [5, 5.41) is 0.663. The molecule has 0 atom stereocenters. The third kappa shape index (κ3) is 3.86. The second kappa shape index (κ2) is 7.36. The molecule has 1 fully saturated rings. The highest BCUT2D eigenvalue weighted by Gasteiger charge is 2.25. The van der Waals surface area contributed by atoms with Crippen LogP contribution in [0, 0.1) is 0 Å². The Hall–Kier alpha value is -2.53. The van der Waals surface area contributed by atoms with Gasteiger partial charge in [0, 0.05) is 37.3 Å². The van der Waals surface area contributed by atoms with E-state index < -0.39 is 0 Å². The first-order valence-electron chi connectivity index (χ1n) is 7.69. The van der Waals surface area contributed by atoms with Crippen molar-refractivity contribution >= 4 is 29.5 Å². The maximum absolute atomic E-state index is 12.2. The first-order valence-corrected chi connectivity index (χ1v) is 8.06. The van der Waals surface area contributed by atoms with Gasteiger partial charge < -0.3 is 14.2 Å². The summed E-state index contributed by atoms with van der Waals surface area (Å²) in [5.41, 5.74) is 0.916. The predicted octanol–water partition coefficient (Wildman–Crippen LogP) is 2.93. The molecule has 1 aliphatic rings. The highest BCUT2D eigenvalue weighted by molar-refractivity contribution is 6.30. The van der Waals surface area contributed by atoms with Crippen LogP contribution >= 0.6 is 11.6 Å². The van der Waals surface area contributed by atoms with Crippen molar-refractivity contribution in [2.24, 2.45) is 0 Å². The van der Waals surface area contributed by atoms with Crippen LogP contribution in [0.3, 0.4) is 0 Å². The van der Waals surface area contributed by atoms with Crippen LogP contribution in [-0.4, -0.2) is 47.8 Å². The van der Waals surface area contributed by atoms with Gasteiger partial charge in [0.05, 0.1) is 6.26 Å².